The van der Waals surface area contributed by atoms with E-state index in [4.69, 9.17) is 4.74 Å². The Bertz CT molecular complexity index is 1800. The van der Waals surface area contributed by atoms with Gasteiger partial charge in [0, 0.05) is 23.9 Å². The number of hydrogen-bond acceptors (Lipinski definition) is 6. The summed E-state index contributed by atoms with van der Waals surface area (Å²) in [4.78, 5) is 31.3. The van der Waals surface area contributed by atoms with Crippen molar-refractivity contribution in [3.8, 4) is 5.75 Å². The minimum Gasteiger partial charge on any atom is -0.494 e. The molecule has 0 aromatic heterocycles. The smallest absolute Gasteiger partial charge is 0.264 e. The molecule has 1 aliphatic rings. The SMILES string of the molecule is CCOc1ccc(N(CC(=O)N(Cc2ccc(F)cc2)C(Cc2ccccc2)C(=O)NC2CCCCC2)S(=O)(=O)c2ccc(SC)cc2)cc1. The fourth-order valence-corrected chi connectivity index (χ4v) is 7.99. The number of ether oxygens (including phenoxy) is 1. The van der Waals surface area contributed by atoms with E-state index < -0.39 is 34.3 Å². The van der Waals surface area contributed by atoms with E-state index in [9.17, 15) is 22.4 Å². The molecule has 50 heavy (non-hydrogen) atoms. The molecular formula is C39H44FN3O5S2. The number of benzene rings is 4. The highest BCUT2D eigenvalue weighted by Gasteiger charge is 2.35. The van der Waals surface area contributed by atoms with Crippen molar-refractivity contribution in [1.82, 2.24) is 10.2 Å². The summed E-state index contributed by atoms with van der Waals surface area (Å²) in [5.41, 5.74) is 1.72. The lowest BCUT2D eigenvalue weighted by atomic mass is 9.94. The standard InChI is InChI=1S/C39H44FN3O5S2/c1-3-48-34-20-18-33(19-21-34)43(50(46,47)36-24-22-35(49-2)23-25-36)28-38(44)42(27-30-14-16-31(40)17-15-30)37(26-29-10-6-4-7-11-29)39(45)41-32-12-8-5-9-13-32/h4,6-7,10-11,14-25,32,37H,3,5,8-9,12-13,26-28H2,1-2H3,(H,41,45). The Morgan fingerprint density at radius 2 is 1.54 bits per heavy atom. The highest BCUT2D eigenvalue weighted by Crippen LogP contribution is 2.28. The first-order chi connectivity index (χ1) is 24.2. The predicted molar refractivity (Wildman–Crippen MR) is 196 cm³/mol. The normalized spacial score (nSPS) is 14.1. The molecule has 1 saturated carbocycles. The number of rotatable bonds is 15. The number of thioether (sulfide) groups is 1. The number of nitrogens with zero attached hydrogens (tertiary/aromatic N) is 2. The first-order valence-corrected chi connectivity index (χ1v) is 19.6. The van der Waals surface area contributed by atoms with Gasteiger partial charge >= 0.3 is 0 Å². The van der Waals surface area contributed by atoms with Crippen LogP contribution in [0.15, 0.2) is 113 Å². The lowest BCUT2D eigenvalue weighted by Gasteiger charge is -2.35. The number of carbonyl (C=O) groups excluding carboxylic acids is 2. The van der Waals surface area contributed by atoms with E-state index in [2.05, 4.69) is 5.32 Å². The average Bonchev–Trinajstić information content (AvgIpc) is 3.14. The molecule has 1 aliphatic carbocycles. The number of nitrogens with one attached hydrogen (secondary N) is 1. The molecule has 2 amide bonds. The van der Waals surface area contributed by atoms with Crippen LogP contribution in [0.4, 0.5) is 10.1 Å². The Morgan fingerprint density at radius 1 is 0.880 bits per heavy atom. The second-order valence-electron chi connectivity index (χ2n) is 12.3. The molecule has 0 radical (unpaired) electrons. The van der Waals surface area contributed by atoms with Gasteiger partial charge in [-0.2, -0.15) is 0 Å². The van der Waals surface area contributed by atoms with Gasteiger partial charge in [-0.15, -0.1) is 11.8 Å². The summed E-state index contributed by atoms with van der Waals surface area (Å²) in [5.74, 6) is -0.751. The van der Waals surface area contributed by atoms with Crippen molar-refractivity contribution in [3.05, 3.63) is 120 Å². The molecule has 0 saturated heterocycles. The molecule has 264 valence electrons. The van der Waals surface area contributed by atoms with Gasteiger partial charge in [-0.05, 0) is 97.8 Å². The van der Waals surface area contributed by atoms with Crippen LogP contribution in [0.2, 0.25) is 0 Å². The monoisotopic (exact) mass is 717 g/mol. The maximum Gasteiger partial charge on any atom is 0.264 e. The third-order valence-electron chi connectivity index (χ3n) is 8.85. The van der Waals surface area contributed by atoms with Gasteiger partial charge in [0.2, 0.25) is 11.8 Å². The van der Waals surface area contributed by atoms with Crippen LogP contribution < -0.4 is 14.4 Å². The first kappa shape index (κ1) is 36.9. The maximum absolute atomic E-state index is 14.7. The highest BCUT2D eigenvalue weighted by molar-refractivity contribution is 7.98. The summed E-state index contributed by atoms with van der Waals surface area (Å²) in [6, 6.07) is 27.2. The summed E-state index contributed by atoms with van der Waals surface area (Å²) in [7, 11) is -4.25. The lowest BCUT2D eigenvalue weighted by Crippen LogP contribution is -2.55. The van der Waals surface area contributed by atoms with Gasteiger partial charge in [0.1, 0.15) is 24.2 Å². The fourth-order valence-electron chi connectivity index (χ4n) is 6.16. The zero-order valence-corrected chi connectivity index (χ0v) is 30.1. The average molecular weight is 718 g/mol. The van der Waals surface area contributed by atoms with E-state index in [1.54, 1.807) is 48.5 Å². The van der Waals surface area contributed by atoms with E-state index in [-0.39, 0.29) is 35.5 Å². The van der Waals surface area contributed by atoms with Crippen molar-refractivity contribution in [2.24, 2.45) is 0 Å². The molecule has 1 atom stereocenters. The van der Waals surface area contributed by atoms with Gasteiger partial charge < -0.3 is 15.0 Å². The van der Waals surface area contributed by atoms with Crippen LogP contribution in [-0.4, -0.2) is 56.6 Å². The van der Waals surface area contributed by atoms with Gasteiger partial charge in [0.15, 0.2) is 0 Å². The zero-order valence-electron chi connectivity index (χ0n) is 28.5. The molecule has 4 aromatic rings. The van der Waals surface area contributed by atoms with Crippen molar-refractivity contribution in [3.63, 3.8) is 0 Å². The van der Waals surface area contributed by atoms with E-state index in [1.165, 1.54) is 40.9 Å². The van der Waals surface area contributed by atoms with Gasteiger partial charge in [-0.1, -0.05) is 61.7 Å². The van der Waals surface area contributed by atoms with E-state index in [1.807, 2.05) is 43.5 Å². The molecule has 4 aromatic carbocycles. The second-order valence-corrected chi connectivity index (χ2v) is 15.1. The number of halogens is 1. The molecule has 0 bridgehead atoms. The first-order valence-electron chi connectivity index (χ1n) is 17.0. The van der Waals surface area contributed by atoms with Crippen molar-refractivity contribution in [2.75, 3.05) is 23.7 Å². The number of sulfonamides is 1. The molecule has 0 heterocycles. The van der Waals surface area contributed by atoms with Crippen LogP contribution in [0.3, 0.4) is 0 Å². The molecular weight excluding hydrogens is 674 g/mol. The largest absolute Gasteiger partial charge is 0.494 e. The summed E-state index contributed by atoms with van der Waals surface area (Å²) < 4.78 is 49.3. The van der Waals surface area contributed by atoms with Gasteiger partial charge in [0.25, 0.3) is 10.0 Å². The molecule has 5 rings (SSSR count). The van der Waals surface area contributed by atoms with Crippen LogP contribution in [0.5, 0.6) is 5.75 Å². The zero-order chi connectivity index (χ0) is 35.5. The van der Waals surface area contributed by atoms with E-state index in [0.29, 0.717) is 17.9 Å². The quantitative estimate of drug-likeness (QED) is 0.131. The summed E-state index contributed by atoms with van der Waals surface area (Å²) in [5, 5.41) is 3.20. The topological polar surface area (TPSA) is 96.0 Å². The summed E-state index contributed by atoms with van der Waals surface area (Å²) in [6.45, 7) is 1.68. The van der Waals surface area contributed by atoms with Crippen molar-refractivity contribution >= 4 is 39.3 Å². The Kier molecular flexibility index (Phi) is 12.9. The molecule has 0 aliphatic heterocycles. The molecule has 1 N–H and O–H groups in total. The van der Waals surface area contributed by atoms with Crippen molar-refractivity contribution in [2.45, 2.75) is 73.9 Å². The Hall–Kier alpha value is -4.35. The number of amides is 2. The highest BCUT2D eigenvalue weighted by atomic mass is 32.2. The number of anilines is 1. The fraction of sp³-hybridized carbons (Fsp3) is 0.333. The minimum absolute atomic E-state index is 0.0118. The molecule has 8 nitrogen and oxygen atoms in total. The van der Waals surface area contributed by atoms with Crippen molar-refractivity contribution < 1.29 is 27.1 Å². The molecule has 1 unspecified atom stereocenters. The van der Waals surface area contributed by atoms with Gasteiger partial charge in [0.05, 0.1) is 17.2 Å². The minimum atomic E-state index is -4.25. The van der Waals surface area contributed by atoms with Gasteiger partial charge in [-0.3, -0.25) is 13.9 Å². The van der Waals surface area contributed by atoms with Crippen LogP contribution in [0.1, 0.15) is 50.2 Å². The van der Waals surface area contributed by atoms with Crippen LogP contribution in [0, 0.1) is 5.82 Å². The van der Waals surface area contributed by atoms with Crippen molar-refractivity contribution in [1.29, 1.82) is 0 Å². The molecule has 0 spiro atoms. The van der Waals surface area contributed by atoms with Crippen LogP contribution in [0.25, 0.3) is 0 Å². The van der Waals surface area contributed by atoms with E-state index in [0.717, 1.165) is 46.9 Å². The third-order valence-corrected chi connectivity index (χ3v) is 11.4. The Morgan fingerprint density at radius 3 is 2.16 bits per heavy atom. The summed E-state index contributed by atoms with van der Waals surface area (Å²) in [6.07, 6.45) is 6.96. The Balaban J connectivity index is 1.56. The molecule has 1 fully saturated rings. The lowest BCUT2D eigenvalue weighted by molar-refractivity contribution is -0.140. The second kappa shape index (κ2) is 17.5. The van der Waals surface area contributed by atoms with Crippen LogP contribution >= 0.6 is 11.8 Å². The summed E-state index contributed by atoms with van der Waals surface area (Å²) >= 11 is 1.49. The number of hydrogen-bond donors (Lipinski definition) is 1. The van der Waals surface area contributed by atoms with Gasteiger partial charge in [-0.25, -0.2) is 12.8 Å². The third kappa shape index (κ3) is 9.66. The van der Waals surface area contributed by atoms with Crippen LogP contribution in [-0.2, 0) is 32.6 Å². The Labute approximate surface area is 299 Å². The number of carbonyl (C=O) groups is 2. The molecule has 11 heteroatoms. The maximum atomic E-state index is 14.7. The van der Waals surface area contributed by atoms with E-state index >= 15 is 0 Å². The predicted octanol–water partition coefficient (Wildman–Crippen LogP) is 7.23.